The van der Waals surface area contributed by atoms with E-state index in [0.29, 0.717) is 17.5 Å². The van der Waals surface area contributed by atoms with Crippen LogP contribution in [0, 0.1) is 5.92 Å². The topological polar surface area (TPSA) is 72.1 Å². The molecule has 0 bridgehead atoms. The number of piperidine rings is 1. The normalized spacial score (nSPS) is 20.8. The summed E-state index contributed by atoms with van der Waals surface area (Å²) in [6.07, 6.45) is 8.22. The molecule has 1 aromatic heterocycles. The maximum absolute atomic E-state index is 12.9. The van der Waals surface area contributed by atoms with Gasteiger partial charge in [-0.3, -0.25) is 4.79 Å². The molecular weight excluding hydrogens is 360 g/mol. The standard InChI is InChI=1S/C21H25ClN4O/c22-17-9-7-14(8-10-17)18-12-24-21(23)25-19(18)16-6-3-11-26(13-16)20(27)15-4-1-2-5-15/h7-10,12,15-16H,1-6,11,13H2,(H2,23,24,25)/t16-/m0/s1. The summed E-state index contributed by atoms with van der Waals surface area (Å²) in [6.45, 7) is 1.56. The van der Waals surface area contributed by atoms with E-state index in [1.807, 2.05) is 29.2 Å². The first-order valence-electron chi connectivity index (χ1n) is 9.79. The number of anilines is 1. The molecule has 142 valence electrons. The van der Waals surface area contributed by atoms with Gasteiger partial charge < -0.3 is 10.6 Å². The predicted octanol–water partition coefficient (Wildman–Crippen LogP) is 4.28. The highest BCUT2D eigenvalue weighted by Crippen LogP contribution is 2.35. The molecule has 0 spiro atoms. The third-order valence-electron chi connectivity index (χ3n) is 5.82. The van der Waals surface area contributed by atoms with E-state index >= 15 is 0 Å². The molecule has 1 atom stereocenters. The molecule has 27 heavy (non-hydrogen) atoms. The quantitative estimate of drug-likeness (QED) is 0.857. The molecule has 6 heteroatoms. The number of carbonyl (C=O) groups is 1. The average Bonchev–Trinajstić information content (AvgIpc) is 3.23. The minimum Gasteiger partial charge on any atom is -0.368 e. The van der Waals surface area contributed by atoms with Crippen molar-refractivity contribution in [3.05, 3.63) is 41.2 Å². The number of nitrogens with two attached hydrogens (primary N) is 1. The number of benzene rings is 1. The van der Waals surface area contributed by atoms with Crippen molar-refractivity contribution < 1.29 is 4.79 Å². The third kappa shape index (κ3) is 3.93. The van der Waals surface area contributed by atoms with E-state index in [-0.39, 0.29) is 17.8 Å². The lowest BCUT2D eigenvalue weighted by atomic mass is 9.89. The second-order valence-corrected chi connectivity index (χ2v) is 8.08. The first-order chi connectivity index (χ1) is 13.1. The molecule has 1 aromatic carbocycles. The van der Waals surface area contributed by atoms with E-state index in [1.54, 1.807) is 6.20 Å². The molecule has 2 N–H and O–H groups in total. The lowest BCUT2D eigenvalue weighted by Gasteiger charge is -2.34. The molecule has 1 aliphatic heterocycles. The molecule has 4 rings (SSSR count). The van der Waals surface area contributed by atoms with Crippen molar-refractivity contribution in [2.75, 3.05) is 18.8 Å². The molecule has 2 aliphatic rings. The Morgan fingerprint density at radius 3 is 2.59 bits per heavy atom. The summed E-state index contributed by atoms with van der Waals surface area (Å²) in [5.41, 5.74) is 8.84. The van der Waals surface area contributed by atoms with Crippen molar-refractivity contribution in [3.63, 3.8) is 0 Å². The van der Waals surface area contributed by atoms with Crippen LogP contribution in [0.4, 0.5) is 5.95 Å². The number of aromatic nitrogens is 2. The lowest BCUT2D eigenvalue weighted by molar-refractivity contribution is -0.136. The Labute approximate surface area is 164 Å². The predicted molar refractivity (Wildman–Crippen MR) is 107 cm³/mol. The van der Waals surface area contributed by atoms with Gasteiger partial charge in [0.1, 0.15) is 0 Å². The monoisotopic (exact) mass is 384 g/mol. The molecule has 2 aromatic rings. The van der Waals surface area contributed by atoms with E-state index in [9.17, 15) is 4.79 Å². The van der Waals surface area contributed by atoms with Gasteiger partial charge in [0.15, 0.2) is 0 Å². The van der Waals surface area contributed by atoms with Crippen LogP contribution in [0.25, 0.3) is 11.1 Å². The molecular formula is C21H25ClN4O. The smallest absolute Gasteiger partial charge is 0.225 e. The number of halogens is 1. The van der Waals surface area contributed by atoms with Gasteiger partial charge >= 0.3 is 0 Å². The van der Waals surface area contributed by atoms with Crippen molar-refractivity contribution in [1.29, 1.82) is 0 Å². The minimum atomic E-state index is 0.181. The summed E-state index contributed by atoms with van der Waals surface area (Å²) >= 11 is 6.03. The van der Waals surface area contributed by atoms with Gasteiger partial charge in [0.25, 0.3) is 0 Å². The van der Waals surface area contributed by atoms with Gasteiger partial charge in [0.05, 0.1) is 5.69 Å². The minimum absolute atomic E-state index is 0.181. The van der Waals surface area contributed by atoms with Crippen molar-refractivity contribution in [2.45, 2.75) is 44.4 Å². The Kier molecular flexibility index (Phi) is 5.30. The zero-order chi connectivity index (χ0) is 18.8. The molecule has 1 amide bonds. The number of carbonyl (C=O) groups excluding carboxylic acids is 1. The van der Waals surface area contributed by atoms with Crippen molar-refractivity contribution in [1.82, 2.24) is 14.9 Å². The molecule has 0 unspecified atom stereocenters. The van der Waals surface area contributed by atoms with Crippen LogP contribution in [0.5, 0.6) is 0 Å². The van der Waals surface area contributed by atoms with Crippen LogP contribution in [0.2, 0.25) is 5.02 Å². The fourth-order valence-corrected chi connectivity index (χ4v) is 4.53. The van der Waals surface area contributed by atoms with E-state index in [4.69, 9.17) is 17.3 Å². The van der Waals surface area contributed by atoms with Crippen LogP contribution in [-0.4, -0.2) is 33.9 Å². The number of nitrogen functional groups attached to an aromatic ring is 1. The fourth-order valence-electron chi connectivity index (χ4n) is 4.40. The van der Waals surface area contributed by atoms with E-state index in [0.717, 1.165) is 49.0 Å². The van der Waals surface area contributed by atoms with Gasteiger partial charge in [-0.15, -0.1) is 0 Å². The van der Waals surface area contributed by atoms with E-state index < -0.39 is 0 Å². The van der Waals surface area contributed by atoms with Crippen LogP contribution in [0.3, 0.4) is 0 Å². The SMILES string of the molecule is Nc1ncc(-c2ccc(Cl)cc2)c([C@H]2CCCN(C(=O)C3CCCC3)C2)n1. The van der Waals surface area contributed by atoms with Gasteiger partial charge in [-0.2, -0.15) is 0 Å². The molecule has 5 nitrogen and oxygen atoms in total. The molecule has 0 radical (unpaired) electrons. The van der Waals surface area contributed by atoms with Crippen LogP contribution in [0.15, 0.2) is 30.5 Å². The maximum atomic E-state index is 12.9. The third-order valence-corrected chi connectivity index (χ3v) is 6.07. The van der Waals surface area contributed by atoms with Crippen LogP contribution >= 0.6 is 11.6 Å². The highest BCUT2D eigenvalue weighted by atomic mass is 35.5. The second kappa shape index (κ2) is 7.85. The lowest BCUT2D eigenvalue weighted by Crippen LogP contribution is -2.42. The Morgan fingerprint density at radius 2 is 1.85 bits per heavy atom. The summed E-state index contributed by atoms with van der Waals surface area (Å²) in [5, 5.41) is 0.697. The van der Waals surface area contributed by atoms with Crippen molar-refractivity contribution in [2.24, 2.45) is 5.92 Å². The molecule has 1 saturated carbocycles. The summed E-state index contributed by atoms with van der Waals surface area (Å²) < 4.78 is 0. The van der Waals surface area contributed by atoms with E-state index in [2.05, 4.69) is 9.97 Å². The number of hydrogen-bond donors (Lipinski definition) is 1. The molecule has 2 fully saturated rings. The summed E-state index contributed by atoms with van der Waals surface area (Å²) in [4.78, 5) is 23.7. The first-order valence-corrected chi connectivity index (χ1v) is 10.2. The first kappa shape index (κ1) is 18.2. The zero-order valence-corrected chi connectivity index (χ0v) is 16.2. The van der Waals surface area contributed by atoms with E-state index in [1.165, 1.54) is 12.8 Å². The number of rotatable bonds is 3. The van der Waals surface area contributed by atoms with Gasteiger partial charge in [0, 0.05) is 41.7 Å². The van der Waals surface area contributed by atoms with Gasteiger partial charge in [-0.25, -0.2) is 9.97 Å². The Hall–Kier alpha value is -2.14. The molecule has 1 saturated heterocycles. The van der Waals surface area contributed by atoms with Crippen LogP contribution < -0.4 is 5.73 Å². The van der Waals surface area contributed by atoms with Crippen LogP contribution in [0.1, 0.15) is 50.1 Å². The van der Waals surface area contributed by atoms with Gasteiger partial charge in [-0.05, 0) is 43.4 Å². The Morgan fingerprint density at radius 1 is 1.11 bits per heavy atom. The summed E-state index contributed by atoms with van der Waals surface area (Å²) in [7, 11) is 0. The highest BCUT2D eigenvalue weighted by Gasteiger charge is 2.32. The number of nitrogens with zero attached hydrogens (tertiary/aromatic N) is 3. The fraction of sp³-hybridized carbons (Fsp3) is 0.476. The average molecular weight is 385 g/mol. The van der Waals surface area contributed by atoms with Crippen molar-refractivity contribution in [3.8, 4) is 11.1 Å². The second-order valence-electron chi connectivity index (χ2n) is 7.64. The molecule has 2 heterocycles. The highest BCUT2D eigenvalue weighted by molar-refractivity contribution is 6.30. The Bertz CT molecular complexity index is 817. The van der Waals surface area contributed by atoms with Gasteiger partial charge in [-0.1, -0.05) is 36.6 Å². The summed E-state index contributed by atoms with van der Waals surface area (Å²) in [5.74, 6) is 1.00. The zero-order valence-electron chi connectivity index (χ0n) is 15.4. The van der Waals surface area contributed by atoms with Gasteiger partial charge in [0.2, 0.25) is 11.9 Å². The summed E-state index contributed by atoms with van der Waals surface area (Å²) in [6, 6.07) is 7.69. The maximum Gasteiger partial charge on any atom is 0.225 e. The van der Waals surface area contributed by atoms with Crippen LogP contribution in [-0.2, 0) is 4.79 Å². The largest absolute Gasteiger partial charge is 0.368 e. The number of hydrogen-bond acceptors (Lipinski definition) is 4. The van der Waals surface area contributed by atoms with Crippen molar-refractivity contribution >= 4 is 23.5 Å². The number of likely N-dealkylation sites (tertiary alicyclic amines) is 1. The Balaban J connectivity index is 1.61. The molecule has 1 aliphatic carbocycles. The number of amides is 1.